The van der Waals surface area contributed by atoms with Crippen LogP contribution in [0, 0.1) is 0 Å². The maximum absolute atomic E-state index is 9.71. The highest BCUT2D eigenvalue weighted by Gasteiger charge is 2.45. The lowest BCUT2D eigenvalue weighted by Gasteiger charge is -2.44. The van der Waals surface area contributed by atoms with Crippen LogP contribution in [0.15, 0.2) is 0 Å². The number of nitrogens with zero attached hydrogens (tertiary/aromatic N) is 2. The monoisotopic (exact) mass is 300 g/mol. The summed E-state index contributed by atoms with van der Waals surface area (Å²) in [6, 6.07) is 0. The predicted octanol–water partition coefficient (Wildman–Crippen LogP) is -1.29. The molecule has 2 aliphatic heterocycles. The Bertz CT molecular complexity index is 335. The Morgan fingerprint density at radius 1 is 0.952 bits per heavy atom. The van der Waals surface area contributed by atoms with Gasteiger partial charge in [0.2, 0.25) is 0 Å². The molecule has 0 aromatic rings. The fraction of sp³-hybridized carbons (Fsp3) is 1.00. The number of likely N-dealkylation sites (tertiary alicyclic amines) is 2. The van der Waals surface area contributed by atoms with Crippen molar-refractivity contribution in [2.45, 2.75) is 49.5 Å². The zero-order chi connectivity index (χ0) is 16.3. The average Bonchev–Trinajstić information content (AvgIpc) is 2.25. The Balaban J connectivity index is 0.000000219. The predicted molar refractivity (Wildman–Crippen MR) is 82.0 cm³/mol. The molecule has 2 heterocycles. The molecule has 0 saturated carbocycles. The largest absolute Gasteiger partial charge is 0.389 e. The Morgan fingerprint density at radius 3 is 1.71 bits per heavy atom. The van der Waals surface area contributed by atoms with Crippen molar-refractivity contribution in [1.29, 1.82) is 0 Å². The fourth-order valence-corrected chi connectivity index (χ4v) is 3.02. The van der Waals surface area contributed by atoms with Crippen LogP contribution in [0.4, 0.5) is 0 Å². The van der Waals surface area contributed by atoms with Gasteiger partial charge in [-0.15, -0.1) is 0 Å². The van der Waals surface area contributed by atoms with Crippen molar-refractivity contribution >= 4 is 7.85 Å². The van der Waals surface area contributed by atoms with Gasteiger partial charge in [0, 0.05) is 13.1 Å². The van der Waals surface area contributed by atoms with E-state index in [0.29, 0.717) is 12.8 Å². The molecule has 0 spiro atoms. The number of rotatable bonds is 1. The molecule has 122 valence electrons. The molecular weight excluding hydrogens is 271 g/mol. The van der Waals surface area contributed by atoms with Gasteiger partial charge < -0.3 is 30.2 Å². The van der Waals surface area contributed by atoms with Crippen LogP contribution in [0.3, 0.4) is 0 Å². The van der Waals surface area contributed by atoms with Crippen LogP contribution in [0.1, 0.15) is 32.6 Å². The van der Waals surface area contributed by atoms with Gasteiger partial charge in [0.1, 0.15) is 11.3 Å². The maximum Gasteiger partial charge on any atom is 0.157 e. The van der Waals surface area contributed by atoms with Gasteiger partial charge in [-0.2, -0.15) is 0 Å². The summed E-state index contributed by atoms with van der Waals surface area (Å²) in [6.07, 6.45) is 3.12. The van der Waals surface area contributed by atoms with E-state index in [4.69, 9.17) is 18.1 Å². The van der Waals surface area contributed by atoms with Crippen LogP contribution >= 0.6 is 0 Å². The third-order valence-corrected chi connectivity index (χ3v) is 4.21. The lowest BCUT2D eigenvalue weighted by Crippen LogP contribution is -2.62. The summed E-state index contributed by atoms with van der Waals surface area (Å²) in [4.78, 5) is 3.99. The molecule has 2 aliphatic rings. The summed E-state index contributed by atoms with van der Waals surface area (Å²) in [5.41, 5.74) is -4.52. The van der Waals surface area contributed by atoms with Crippen LogP contribution in [-0.2, 0) is 0 Å². The van der Waals surface area contributed by atoms with Crippen LogP contribution in [-0.4, -0.2) is 95.2 Å². The molecule has 21 heavy (non-hydrogen) atoms. The molecule has 0 aliphatic carbocycles. The van der Waals surface area contributed by atoms with Gasteiger partial charge in [-0.25, -0.2) is 0 Å². The molecule has 0 bridgehead atoms. The van der Waals surface area contributed by atoms with Crippen LogP contribution < -0.4 is 0 Å². The SMILES string of the molecule is CN1CCCC(C)(O)C1.[B]C(O)(O)C1(O)CCCN(C)C1. The highest BCUT2D eigenvalue weighted by atomic mass is 16.5. The number of likely N-dealkylation sites (N-methyl/N-ethyl adjacent to an activating group) is 2. The summed E-state index contributed by atoms with van der Waals surface area (Å²) in [6.45, 7) is 4.90. The van der Waals surface area contributed by atoms with Gasteiger partial charge in [0.15, 0.2) is 7.85 Å². The summed E-state index contributed by atoms with van der Waals surface area (Å²) in [5.74, 6) is 0. The lowest BCUT2D eigenvalue weighted by atomic mass is 9.74. The number of β-amino-alcohol motifs (C(OH)–C–C–N with tert-alkyl or cyclic N) is 2. The van der Waals surface area contributed by atoms with E-state index in [1.54, 1.807) is 7.05 Å². The molecule has 0 aromatic carbocycles. The number of hydrogen-bond donors (Lipinski definition) is 4. The highest BCUT2D eigenvalue weighted by Crippen LogP contribution is 2.27. The van der Waals surface area contributed by atoms with Crippen LogP contribution in [0.5, 0.6) is 0 Å². The molecule has 2 fully saturated rings. The third-order valence-electron chi connectivity index (χ3n) is 4.21. The smallest absolute Gasteiger partial charge is 0.157 e. The number of aliphatic hydroxyl groups is 4. The van der Waals surface area contributed by atoms with E-state index in [-0.39, 0.29) is 6.54 Å². The van der Waals surface area contributed by atoms with Crippen LogP contribution in [0.2, 0.25) is 0 Å². The second-order valence-electron chi connectivity index (χ2n) is 6.94. The minimum Gasteiger partial charge on any atom is -0.389 e. The Kier molecular flexibility index (Phi) is 6.23. The van der Waals surface area contributed by atoms with E-state index in [1.807, 2.05) is 18.9 Å². The molecule has 2 atom stereocenters. The molecular formula is C14H29BN2O4. The Morgan fingerprint density at radius 2 is 1.43 bits per heavy atom. The van der Waals surface area contributed by atoms with Crippen molar-refractivity contribution in [2.75, 3.05) is 40.3 Å². The fourth-order valence-electron chi connectivity index (χ4n) is 3.02. The van der Waals surface area contributed by atoms with E-state index >= 15 is 0 Å². The van der Waals surface area contributed by atoms with Crippen molar-refractivity contribution in [3.05, 3.63) is 0 Å². The quantitative estimate of drug-likeness (QED) is 0.356. The molecule has 7 heteroatoms. The molecule has 2 radical (unpaired) electrons. The summed E-state index contributed by atoms with van der Waals surface area (Å²) in [7, 11) is 8.89. The average molecular weight is 300 g/mol. The standard InChI is InChI=1S/C7H14BNO3.C7H15NO/c1-9-4-2-3-6(10,5-9)7(8,11)12;1-7(9)4-3-5-8(2)6-7/h10-12H,2-5H2,1H3;9H,3-6H2,1-2H3. The normalized spacial score (nSPS) is 36.0. The van der Waals surface area contributed by atoms with E-state index in [1.165, 1.54) is 0 Å². The first-order chi connectivity index (χ1) is 9.45. The van der Waals surface area contributed by atoms with E-state index < -0.39 is 16.9 Å². The summed E-state index contributed by atoms with van der Waals surface area (Å²) >= 11 is 0. The van der Waals surface area contributed by atoms with Crippen molar-refractivity contribution in [3.63, 3.8) is 0 Å². The second kappa shape index (κ2) is 6.94. The van der Waals surface area contributed by atoms with Gasteiger partial charge >= 0.3 is 0 Å². The molecule has 0 aromatic heterocycles. The van der Waals surface area contributed by atoms with E-state index in [9.17, 15) is 10.2 Å². The molecule has 2 saturated heterocycles. The van der Waals surface area contributed by atoms with Crippen LogP contribution in [0.25, 0.3) is 0 Å². The minimum absolute atomic E-state index is 0.191. The first-order valence-corrected chi connectivity index (χ1v) is 7.51. The Hall–Kier alpha value is -0.175. The first kappa shape index (κ1) is 18.9. The Labute approximate surface area is 128 Å². The molecule has 0 amide bonds. The number of piperidine rings is 2. The van der Waals surface area contributed by atoms with Gasteiger partial charge in [0.05, 0.1) is 5.60 Å². The molecule has 6 nitrogen and oxygen atoms in total. The maximum atomic E-state index is 9.71. The topological polar surface area (TPSA) is 87.4 Å². The van der Waals surface area contributed by atoms with Gasteiger partial charge in [-0.1, -0.05) is 0 Å². The van der Waals surface area contributed by atoms with Crippen molar-refractivity contribution in [1.82, 2.24) is 9.80 Å². The van der Waals surface area contributed by atoms with Gasteiger partial charge in [0.25, 0.3) is 0 Å². The zero-order valence-corrected chi connectivity index (χ0v) is 13.4. The van der Waals surface area contributed by atoms with Gasteiger partial charge in [-0.3, -0.25) is 0 Å². The zero-order valence-electron chi connectivity index (χ0n) is 13.4. The van der Waals surface area contributed by atoms with Gasteiger partial charge in [-0.05, 0) is 59.8 Å². The summed E-state index contributed by atoms with van der Waals surface area (Å²) in [5, 5.41) is 37.4. The second-order valence-corrected chi connectivity index (χ2v) is 6.94. The first-order valence-electron chi connectivity index (χ1n) is 7.51. The minimum atomic E-state index is -2.50. The van der Waals surface area contributed by atoms with Crippen molar-refractivity contribution in [2.24, 2.45) is 0 Å². The highest BCUT2D eigenvalue weighted by molar-refractivity contribution is 6.13. The third kappa shape index (κ3) is 5.85. The molecule has 2 rings (SSSR count). The van der Waals surface area contributed by atoms with Crippen molar-refractivity contribution in [3.8, 4) is 0 Å². The molecule has 2 unspecified atom stereocenters. The van der Waals surface area contributed by atoms with Crippen molar-refractivity contribution < 1.29 is 20.4 Å². The van der Waals surface area contributed by atoms with E-state index in [2.05, 4.69) is 4.90 Å². The lowest BCUT2D eigenvalue weighted by molar-refractivity contribution is -0.233. The summed E-state index contributed by atoms with van der Waals surface area (Å²) < 4.78 is 0. The number of hydrogen-bond acceptors (Lipinski definition) is 6. The van der Waals surface area contributed by atoms with E-state index in [0.717, 1.165) is 32.5 Å². The molecule has 4 N–H and O–H groups in total.